The number of ketones is 1. The Morgan fingerprint density at radius 2 is 1.83 bits per heavy atom. The standard InChI is InChI=1S/C22H18ClN3O3/c23-15-10-18-17-9-14(3-6-19(17)26-22(18)25-12-15)20(28)7-8-21(29)24-11-13-1-4-16(27)5-2-13/h1-6,9-10,12,27H,7-8,11H2,(H,24,29)(H,25,26). The number of pyridine rings is 1. The van der Waals surface area contributed by atoms with Gasteiger partial charge in [-0.2, -0.15) is 0 Å². The topological polar surface area (TPSA) is 95.1 Å². The number of carbonyl (C=O) groups is 2. The van der Waals surface area contributed by atoms with E-state index in [1.54, 1.807) is 36.5 Å². The summed E-state index contributed by atoms with van der Waals surface area (Å²) in [5.41, 5.74) is 3.00. The molecule has 0 saturated heterocycles. The number of phenols is 1. The first-order valence-corrected chi connectivity index (χ1v) is 9.52. The fourth-order valence-corrected chi connectivity index (χ4v) is 3.35. The number of aromatic amines is 1. The monoisotopic (exact) mass is 407 g/mol. The van der Waals surface area contributed by atoms with E-state index in [4.69, 9.17) is 11.6 Å². The van der Waals surface area contributed by atoms with Gasteiger partial charge in [-0.15, -0.1) is 0 Å². The molecule has 0 fully saturated rings. The van der Waals surface area contributed by atoms with Gasteiger partial charge in [0.25, 0.3) is 0 Å². The van der Waals surface area contributed by atoms with Crippen molar-refractivity contribution in [1.29, 1.82) is 0 Å². The Hall–Kier alpha value is -3.38. The number of aromatic hydroxyl groups is 1. The van der Waals surface area contributed by atoms with E-state index in [9.17, 15) is 14.7 Å². The van der Waals surface area contributed by atoms with Gasteiger partial charge in [0.2, 0.25) is 5.91 Å². The van der Waals surface area contributed by atoms with Crippen molar-refractivity contribution in [1.82, 2.24) is 15.3 Å². The van der Waals surface area contributed by atoms with Crippen LogP contribution in [0.15, 0.2) is 54.7 Å². The van der Waals surface area contributed by atoms with Gasteiger partial charge >= 0.3 is 0 Å². The van der Waals surface area contributed by atoms with Crippen LogP contribution in [-0.2, 0) is 11.3 Å². The zero-order valence-electron chi connectivity index (χ0n) is 15.4. The maximum Gasteiger partial charge on any atom is 0.220 e. The van der Waals surface area contributed by atoms with Crippen LogP contribution < -0.4 is 5.32 Å². The molecule has 0 spiro atoms. The Morgan fingerprint density at radius 1 is 1.03 bits per heavy atom. The molecule has 0 aliphatic rings. The highest BCUT2D eigenvalue weighted by Gasteiger charge is 2.12. The number of aromatic nitrogens is 2. The molecule has 0 bridgehead atoms. The SMILES string of the molecule is O=C(CCC(=O)c1ccc2[nH]c3ncc(Cl)cc3c2c1)NCc1ccc(O)cc1. The largest absolute Gasteiger partial charge is 0.508 e. The quantitative estimate of drug-likeness (QED) is 0.414. The lowest BCUT2D eigenvalue weighted by Crippen LogP contribution is -2.23. The molecule has 0 unspecified atom stereocenters. The Bertz CT molecular complexity index is 1220. The lowest BCUT2D eigenvalue weighted by Gasteiger charge is -2.06. The highest BCUT2D eigenvalue weighted by Crippen LogP contribution is 2.27. The van der Waals surface area contributed by atoms with Crippen molar-refractivity contribution < 1.29 is 14.7 Å². The molecular formula is C22H18ClN3O3. The van der Waals surface area contributed by atoms with Gasteiger partial charge in [-0.3, -0.25) is 9.59 Å². The molecule has 1 amide bonds. The molecule has 4 aromatic rings. The van der Waals surface area contributed by atoms with Crippen LogP contribution in [0.25, 0.3) is 21.9 Å². The third-order valence-electron chi connectivity index (χ3n) is 4.74. The van der Waals surface area contributed by atoms with Crippen LogP contribution in [0.4, 0.5) is 0 Å². The van der Waals surface area contributed by atoms with Crippen LogP contribution >= 0.6 is 11.6 Å². The van der Waals surface area contributed by atoms with Crippen molar-refractivity contribution in [2.45, 2.75) is 19.4 Å². The van der Waals surface area contributed by atoms with Gasteiger partial charge in [0, 0.05) is 47.4 Å². The lowest BCUT2D eigenvalue weighted by atomic mass is 10.0. The van der Waals surface area contributed by atoms with Gasteiger partial charge in [-0.1, -0.05) is 23.7 Å². The van der Waals surface area contributed by atoms with Gasteiger partial charge in [-0.25, -0.2) is 4.98 Å². The van der Waals surface area contributed by atoms with Crippen LogP contribution in [-0.4, -0.2) is 26.8 Å². The molecular weight excluding hydrogens is 390 g/mol. The zero-order valence-corrected chi connectivity index (χ0v) is 16.2. The highest BCUT2D eigenvalue weighted by atomic mass is 35.5. The summed E-state index contributed by atoms with van der Waals surface area (Å²) >= 11 is 6.04. The molecule has 0 aliphatic carbocycles. The fraction of sp³-hybridized carbons (Fsp3) is 0.136. The van der Waals surface area contributed by atoms with Gasteiger partial charge in [-0.05, 0) is 42.0 Å². The number of phenolic OH excluding ortho intramolecular Hbond substituents is 1. The number of halogens is 1. The minimum absolute atomic E-state index is 0.101. The van der Waals surface area contributed by atoms with Crippen LogP contribution in [0.5, 0.6) is 5.75 Å². The molecule has 2 aromatic heterocycles. The number of H-pyrrole nitrogens is 1. The summed E-state index contributed by atoms with van der Waals surface area (Å²) in [5, 5.41) is 14.3. The van der Waals surface area contributed by atoms with E-state index in [0.717, 1.165) is 21.9 Å². The summed E-state index contributed by atoms with van der Waals surface area (Å²) in [6, 6.07) is 13.8. The number of benzene rings is 2. The van der Waals surface area contributed by atoms with E-state index in [0.29, 0.717) is 22.8 Å². The van der Waals surface area contributed by atoms with E-state index in [2.05, 4.69) is 15.3 Å². The molecule has 0 aliphatic heterocycles. The van der Waals surface area contributed by atoms with Gasteiger partial charge in [0.1, 0.15) is 11.4 Å². The molecule has 4 rings (SSSR count). The number of Topliss-reactive ketones (excluding diaryl/α,β-unsaturated/α-hetero) is 1. The van der Waals surface area contributed by atoms with Gasteiger partial charge < -0.3 is 15.4 Å². The van der Waals surface area contributed by atoms with Crippen molar-refractivity contribution in [2.24, 2.45) is 0 Å². The molecule has 29 heavy (non-hydrogen) atoms. The molecule has 2 heterocycles. The predicted molar refractivity (Wildman–Crippen MR) is 112 cm³/mol. The van der Waals surface area contributed by atoms with Gasteiger partial charge in [0.15, 0.2) is 5.78 Å². The van der Waals surface area contributed by atoms with E-state index in [1.807, 2.05) is 18.2 Å². The van der Waals surface area contributed by atoms with Crippen molar-refractivity contribution in [3.8, 4) is 5.75 Å². The Kier molecular flexibility index (Phi) is 5.18. The van der Waals surface area contributed by atoms with Crippen molar-refractivity contribution in [3.05, 3.63) is 70.9 Å². The Morgan fingerprint density at radius 3 is 2.62 bits per heavy atom. The number of hydrogen-bond acceptors (Lipinski definition) is 4. The normalized spacial score (nSPS) is 11.1. The van der Waals surface area contributed by atoms with Crippen LogP contribution in [0.3, 0.4) is 0 Å². The van der Waals surface area contributed by atoms with Crippen LogP contribution in [0.2, 0.25) is 5.02 Å². The summed E-state index contributed by atoms with van der Waals surface area (Å²) in [6.07, 6.45) is 1.80. The lowest BCUT2D eigenvalue weighted by molar-refractivity contribution is -0.121. The molecule has 0 radical (unpaired) electrons. The summed E-state index contributed by atoms with van der Waals surface area (Å²) in [7, 11) is 0. The Balaban J connectivity index is 1.40. The molecule has 7 heteroatoms. The maximum atomic E-state index is 12.6. The molecule has 3 N–H and O–H groups in total. The predicted octanol–water partition coefficient (Wildman–Crippen LogP) is 4.35. The first kappa shape index (κ1) is 19.0. The zero-order chi connectivity index (χ0) is 20.4. The summed E-state index contributed by atoms with van der Waals surface area (Å²) in [4.78, 5) is 32.1. The summed E-state index contributed by atoms with van der Waals surface area (Å²) < 4.78 is 0. The highest BCUT2D eigenvalue weighted by molar-refractivity contribution is 6.31. The second-order valence-electron chi connectivity index (χ2n) is 6.80. The number of carbonyl (C=O) groups excluding carboxylic acids is 2. The van der Waals surface area contributed by atoms with E-state index >= 15 is 0 Å². The molecule has 2 aromatic carbocycles. The van der Waals surface area contributed by atoms with E-state index < -0.39 is 0 Å². The number of nitrogens with one attached hydrogen (secondary N) is 2. The molecule has 6 nitrogen and oxygen atoms in total. The van der Waals surface area contributed by atoms with Gasteiger partial charge in [0.05, 0.1) is 5.02 Å². The first-order chi connectivity index (χ1) is 14.0. The minimum atomic E-state index is -0.199. The van der Waals surface area contributed by atoms with Crippen molar-refractivity contribution in [2.75, 3.05) is 0 Å². The first-order valence-electron chi connectivity index (χ1n) is 9.14. The van der Waals surface area contributed by atoms with Crippen molar-refractivity contribution in [3.63, 3.8) is 0 Å². The average Bonchev–Trinajstić information content (AvgIpc) is 3.08. The Labute approximate surface area is 171 Å². The number of nitrogens with zero attached hydrogens (tertiary/aromatic N) is 1. The van der Waals surface area contributed by atoms with Crippen LogP contribution in [0.1, 0.15) is 28.8 Å². The van der Waals surface area contributed by atoms with E-state index in [-0.39, 0.29) is 30.3 Å². The average molecular weight is 408 g/mol. The summed E-state index contributed by atoms with van der Waals surface area (Å²) in [5.74, 6) is -0.123. The van der Waals surface area contributed by atoms with Crippen LogP contribution in [0, 0.1) is 0 Å². The third-order valence-corrected chi connectivity index (χ3v) is 4.95. The van der Waals surface area contributed by atoms with Crippen molar-refractivity contribution >= 4 is 45.2 Å². The number of rotatable bonds is 6. The third kappa shape index (κ3) is 4.22. The molecule has 0 saturated carbocycles. The number of fused-ring (bicyclic) bond motifs is 3. The number of amides is 1. The van der Waals surface area contributed by atoms with E-state index in [1.165, 1.54) is 0 Å². The maximum absolute atomic E-state index is 12.6. The summed E-state index contributed by atoms with van der Waals surface area (Å²) in [6.45, 7) is 0.350. The molecule has 146 valence electrons. The second kappa shape index (κ2) is 7.93. The fourth-order valence-electron chi connectivity index (χ4n) is 3.20. The second-order valence-corrected chi connectivity index (χ2v) is 7.24. The molecule has 0 atom stereocenters. The number of hydrogen-bond donors (Lipinski definition) is 3. The smallest absolute Gasteiger partial charge is 0.220 e. The minimum Gasteiger partial charge on any atom is -0.508 e.